The first kappa shape index (κ1) is 20.8. The Labute approximate surface area is 165 Å². The summed E-state index contributed by atoms with van der Waals surface area (Å²) in [4.78, 5) is 12.1. The third-order valence-corrected chi connectivity index (χ3v) is 6.08. The molecule has 140 valence electrons. The van der Waals surface area contributed by atoms with Crippen LogP contribution in [-0.4, -0.2) is 24.9 Å². The summed E-state index contributed by atoms with van der Waals surface area (Å²) in [5, 5.41) is 0.601. The van der Waals surface area contributed by atoms with Crippen LogP contribution < -0.4 is 8.91 Å². The fourth-order valence-corrected chi connectivity index (χ4v) is 4.17. The monoisotopic (exact) mass is 456 g/mol. The Kier molecular flexibility index (Phi) is 6.41. The summed E-state index contributed by atoms with van der Waals surface area (Å²) < 4.78 is 45.9. The minimum atomic E-state index is -4.60. The highest BCUT2D eigenvalue weighted by Gasteiger charge is 2.20. The van der Waals surface area contributed by atoms with Crippen molar-refractivity contribution in [3.8, 4) is 5.75 Å². The van der Waals surface area contributed by atoms with Crippen molar-refractivity contribution in [3.63, 3.8) is 0 Å². The summed E-state index contributed by atoms with van der Waals surface area (Å²) in [6.07, 6.45) is 1.18. The SMILES string of the molecule is C[S@](=O)(=NC(=O)NS(=O)(=O)Oc1ccc(Cl)cc1Cl)c1ccc(Cl)cc1. The zero-order chi connectivity index (χ0) is 19.5. The number of carbonyl (C=O) groups is 1. The molecule has 26 heavy (non-hydrogen) atoms. The fourth-order valence-electron chi connectivity index (χ4n) is 1.71. The van der Waals surface area contributed by atoms with Crippen LogP contribution in [0.25, 0.3) is 0 Å². The number of amides is 2. The van der Waals surface area contributed by atoms with Crippen molar-refractivity contribution < 1.29 is 21.6 Å². The molecule has 0 aromatic heterocycles. The molecule has 0 bridgehead atoms. The second-order valence-electron chi connectivity index (χ2n) is 4.87. The minimum absolute atomic E-state index is 0.0762. The van der Waals surface area contributed by atoms with E-state index in [4.69, 9.17) is 34.8 Å². The molecule has 0 aliphatic carbocycles. The number of hydrogen-bond donors (Lipinski definition) is 1. The molecule has 1 N–H and O–H groups in total. The zero-order valence-corrected chi connectivity index (χ0v) is 16.9. The average Bonchev–Trinajstić information content (AvgIpc) is 2.49. The van der Waals surface area contributed by atoms with Gasteiger partial charge in [0.05, 0.1) is 14.8 Å². The van der Waals surface area contributed by atoms with E-state index in [9.17, 15) is 17.4 Å². The Morgan fingerprint density at radius 2 is 1.58 bits per heavy atom. The van der Waals surface area contributed by atoms with Gasteiger partial charge in [0, 0.05) is 21.2 Å². The molecular formula is C14H11Cl3N2O5S2. The predicted octanol–water partition coefficient (Wildman–Crippen LogP) is 4.14. The third kappa shape index (κ3) is 5.75. The van der Waals surface area contributed by atoms with Crippen LogP contribution in [0.1, 0.15) is 0 Å². The van der Waals surface area contributed by atoms with E-state index >= 15 is 0 Å². The second kappa shape index (κ2) is 8.01. The summed E-state index contributed by atoms with van der Waals surface area (Å²) >= 11 is 17.2. The predicted molar refractivity (Wildman–Crippen MR) is 101 cm³/mol. The normalized spacial score (nSPS) is 13.5. The standard InChI is InChI=1S/C14H11Cl3N2O5S2/c1-25(21,11-5-2-9(15)3-6-11)18-14(20)19-26(22,23)24-13-7-4-10(16)8-12(13)17/h2-8H,1H3,(H,19,20)/t25-/m1/s1. The Morgan fingerprint density at radius 3 is 2.15 bits per heavy atom. The number of nitrogens with zero attached hydrogens (tertiary/aromatic N) is 1. The Bertz CT molecular complexity index is 1060. The van der Waals surface area contributed by atoms with Crippen molar-refractivity contribution in [1.82, 2.24) is 4.72 Å². The van der Waals surface area contributed by atoms with E-state index in [2.05, 4.69) is 8.55 Å². The summed E-state index contributed by atoms with van der Waals surface area (Å²) in [7, 11) is -7.79. The van der Waals surface area contributed by atoms with Gasteiger partial charge in [-0.05, 0) is 42.5 Å². The van der Waals surface area contributed by atoms with Crippen molar-refractivity contribution in [2.75, 3.05) is 6.26 Å². The minimum Gasteiger partial charge on any atom is -0.365 e. The Balaban J connectivity index is 2.19. The highest BCUT2D eigenvalue weighted by molar-refractivity contribution is 7.93. The van der Waals surface area contributed by atoms with E-state index in [1.807, 2.05) is 0 Å². The molecule has 2 rings (SSSR count). The van der Waals surface area contributed by atoms with Gasteiger partial charge >= 0.3 is 16.3 Å². The van der Waals surface area contributed by atoms with Crippen LogP contribution in [-0.2, 0) is 20.0 Å². The molecule has 0 fully saturated rings. The smallest absolute Gasteiger partial charge is 0.365 e. The number of urea groups is 1. The molecule has 0 saturated heterocycles. The largest absolute Gasteiger partial charge is 0.411 e. The van der Waals surface area contributed by atoms with Gasteiger partial charge in [-0.25, -0.2) is 9.00 Å². The van der Waals surface area contributed by atoms with Crippen LogP contribution in [0.15, 0.2) is 51.7 Å². The molecule has 2 aromatic carbocycles. The van der Waals surface area contributed by atoms with Crippen molar-refractivity contribution in [2.45, 2.75) is 4.90 Å². The summed E-state index contributed by atoms with van der Waals surface area (Å²) in [6.45, 7) is 0. The highest BCUT2D eigenvalue weighted by atomic mass is 35.5. The summed E-state index contributed by atoms with van der Waals surface area (Å²) in [6, 6.07) is 8.23. The molecule has 0 spiro atoms. The molecule has 12 heteroatoms. The maximum absolute atomic E-state index is 12.5. The Morgan fingerprint density at radius 1 is 1.00 bits per heavy atom. The highest BCUT2D eigenvalue weighted by Crippen LogP contribution is 2.28. The third-order valence-electron chi connectivity index (χ3n) is 2.81. The van der Waals surface area contributed by atoms with Crippen molar-refractivity contribution in [2.24, 2.45) is 4.36 Å². The number of carbonyl (C=O) groups excluding carboxylic acids is 1. The Hall–Kier alpha value is -1.52. The van der Waals surface area contributed by atoms with Gasteiger partial charge in [-0.3, -0.25) is 0 Å². The van der Waals surface area contributed by atoms with Gasteiger partial charge in [0.15, 0.2) is 5.75 Å². The van der Waals surface area contributed by atoms with Gasteiger partial charge in [0.2, 0.25) is 0 Å². The number of halogens is 3. The van der Waals surface area contributed by atoms with Crippen molar-refractivity contribution in [3.05, 3.63) is 57.5 Å². The molecule has 2 amide bonds. The molecule has 7 nitrogen and oxygen atoms in total. The number of hydrogen-bond acceptors (Lipinski definition) is 5. The van der Waals surface area contributed by atoms with Gasteiger partial charge in [0.25, 0.3) is 0 Å². The molecule has 0 radical (unpaired) electrons. The molecule has 0 aliphatic heterocycles. The fraction of sp³-hybridized carbons (Fsp3) is 0.0714. The van der Waals surface area contributed by atoms with E-state index in [1.165, 1.54) is 53.4 Å². The van der Waals surface area contributed by atoms with Crippen LogP contribution in [0.2, 0.25) is 15.1 Å². The number of nitrogens with one attached hydrogen (secondary N) is 1. The lowest BCUT2D eigenvalue weighted by Crippen LogP contribution is -2.32. The molecule has 0 saturated carbocycles. The lowest BCUT2D eigenvalue weighted by Gasteiger charge is -2.09. The van der Waals surface area contributed by atoms with Crippen LogP contribution in [0, 0.1) is 0 Å². The molecule has 0 unspecified atom stereocenters. The second-order valence-corrected chi connectivity index (χ2v) is 9.69. The maximum atomic E-state index is 12.5. The van der Waals surface area contributed by atoms with Crippen LogP contribution in [0.4, 0.5) is 4.79 Å². The maximum Gasteiger partial charge on any atom is 0.411 e. The topological polar surface area (TPSA) is 102 Å². The first-order chi connectivity index (χ1) is 12.0. The number of rotatable bonds is 4. The van der Waals surface area contributed by atoms with Crippen molar-refractivity contribution >= 4 is 60.9 Å². The zero-order valence-electron chi connectivity index (χ0n) is 13.0. The van der Waals surface area contributed by atoms with Gasteiger partial charge in [-0.2, -0.15) is 13.1 Å². The van der Waals surface area contributed by atoms with E-state index in [0.717, 1.165) is 0 Å². The van der Waals surface area contributed by atoms with Crippen LogP contribution >= 0.6 is 34.8 Å². The van der Waals surface area contributed by atoms with Gasteiger partial charge in [0.1, 0.15) is 0 Å². The molecule has 0 heterocycles. The number of benzene rings is 2. The van der Waals surface area contributed by atoms with E-state index < -0.39 is 26.1 Å². The molecule has 0 aliphatic rings. The summed E-state index contributed by atoms with van der Waals surface area (Å²) in [5.41, 5.74) is 0. The van der Waals surface area contributed by atoms with Gasteiger partial charge in [-0.15, -0.1) is 4.36 Å². The average molecular weight is 458 g/mol. The summed E-state index contributed by atoms with van der Waals surface area (Å²) in [5.74, 6) is -0.244. The van der Waals surface area contributed by atoms with Gasteiger partial charge < -0.3 is 4.18 Å². The van der Waals surface area contributed by atoms with E-state index in [-0.39, 0.29) is 20.7 Å². The lowest BCUT2D eigenvalue weighted by molar-refractivity contribution is 0.253. The van der Waals surface area contributed by atoms with Crippen molar-refractivity contribution in [1.29, 1.82) is 0 Å². The van der Waals surface area contributed by atoms with Crippen LogP contribution in [0.3, 0.4) is 0 Å². The van der Waals surface area contributed by atoms with Crippen LogP contribution in [0.5, 0.6) is 5.75 Å². The molecular weight excluding hydrogens is 447 g/mol. The molecule has 2 aromatic rings. The van der Waals surface area contributed by atoms with E-state index in [1.54, 1.807) is 0 Å². The molecule has 1 atom stereocenters. The first-order valence-electron chi connectivity index (χ1n) is 6.67. The van der Waals surface area contributed by atoms with E-state index in [0.29, 0.717) is 5.02 Å². The quantitative estimate of drug-likeness (QED) is 0.743. The lowest BCUT2D eigenvalue weighted by atomic mass is 10.3. The van der Waals surface area contributed by atoms with Gasteiger partial charge in [-0.1, -0.05) is 34.8 Å². The first-order valence-corrected chi connectivity index (χ1v) is 11.1.